The topological polar surface area (TPSA) is 69.6 Å². The van der Waals surface area contributed by atoms with E-state index in [1.165, 1.54) is 4.90 Å². The summed E-state index contributed by atoms with van der Waals surface area (Å²) in [5.41, 5.74) is 0. The van der Waals surface area contributed by atoms with Crippen LogP contribution in [-0.4, -0.2) is 47.6 Å². The third-order valence-corrected chi connectivity index (χ3v) is 2.01. The lowest BCUT2D eigenvalue weighted by atomic mass is 10.2. The first-order valence-corrected chi connectivity index (χ1v) is 5.21. The number of rotatable bonds is 7. The van der Waals surface area contributed by atoms with E-state index in [2.05, 4.69) is 5.32 Å². The molecule has 0 aromatic carbocycles. The van der Waals surface area contributed by atoms with E-state index in [0.717, 1.165) is 6.54 Å². The van der Waals surface area contributed by atoms with Gasteiger partial charge in [0.1, 0.15) is 6.54 Å². The number of carbonyl (C=O) groups excluding carboxylic acids is 1. The Hall–Kier alpha value is -1.10. The van der Waals surface area contributed by atoms with E-state index in [0.29, 0.717) is 13.0 Å². The van der Waals surface area contributed by atoms with Crippen molar-refractivity contribution < 1.29 is 14.7 Å². The highest BCUT2D eigenvalue weighted by Gasteiger charge is 2.18. The van der Waals surface area contributed by atoms with Crippen LogP contribution in [0.2, 0.25) is 0 Å². The van der Waals surface area contributed by atoms with Crippen LogP contribution in [0.25, 0.3) is 0 Å². The fraction of sp³-hybridized carbons (Fsp3) is 0.800. The van der Waals surface area contributed by atoms with Gasteiger partial charge in [-0.15, -0.1) is 0 Å². The van der Waals surface area contributed by atoms with Gasteiger partial charge in [0, 0.05) is 19.0 Å². The molecule has 0 saturated carbocycles. The monoisotopic (exact) mass is 216 g/mol. The molecule has 0 aliphatic rings. The summed E-state index contributed by atoms with van der Waals surface area (Å²) in [6.07, 6.45) is 0.347. The Morgan fingerprint density at radius 2 is 2.00 bits per heavy atom. The molecule has 0 spiro atoms. The summed E-state index contributed by atoms with van der Waals surface area (Å²) in [6.45, 7) is 6.78. The van der Waals surface area contributed by atoms with E-state index in [1.54, 1.807) is 0 Å². The summed E-state index contributed by atoms with van der Waals surface area (Å²) in [5, 5.41) is 11.7. The van der Waals surface area contributed by atoms with Crippen LogP contribution in [-0.2, 0) is 9.59 Å². The van der Waals surface area contributed by atoms with Crippen molar-refractivity contribution in [3.05, 3.63) is 0 Å². The van der Waals surface area contributed by atoms with Crippen LogP contribution in [0.15, 0.2) is 0 Å². The fourth-order valence-corrected chi connectivity index (χ4v) is 1.22. The minimum Gasteiger partial charge on any atom is -0.480 e. The van der Waals surface area contributed by atoms with Gasteiger partial charge in [-0.25, -0.2) is 0 Å². The highest BCUT2D eigenvalue weighted by atomic mass is 16.4. The number of carboxylic acids is 1. The minimum absolute atomic E-state index is 0.0739. The molecular formula is C10H20N2O3. The zero-order chi connectivity index (χ0) is 11.8. The van der Waals surface area contributed by atoms with E-state index in [1.807, 2.05) is 20.8 Å². The maximum absolute atomic E-state index is 11.6. The van der Waals surface area contributed by atoms with Gasteiger partial charge in [-0.2, -0.15) is 0 Å². The third-order valence-electron chi connectivity index (χ3n) is 2.01. The first-order chi connectivity index (χ1) is 6.99. The average Bonchev–Trinajstić information content (AvgIpc) is 2.13. The molecule has 1 amide bonds. The van der Waals surface area contributed by atoms with E-state index >= 15 is 0 Å². The van der Waals surface area contributed by atoms with Crippen LogP contribution in [0.5, 0.6) is 0 Å². The molecule has 0 fully saturated rings. The van der Waals surface area contributed by atoms with Crippen molar-refractivity contribution in [2.45, 2.75) is 33.2 Å². The SMILES string of the molecule is CCNCCC(=O)N(CC(=O)O)C(C)C. The van der Waals surface area contributed by atoms with Gasteiger partial charge in [0.05, 0.1) is 0 Å². The molecular weight excluding hydrogens is 196 g/mol. The lowest BCUT2D eigenvalue weighted by Crippen LogP contribution is -2.41. The average molecular weight is 216 g/mol. The number of nitrogens with zero attached hydrogens (tertiary/aromatic N) is 1. The van der Waals surface area contributed by atoms with Crippen molar-refractivity contribution in [1.29, 1.82) is 0 Å². The fourth-order valence-electron chi connectivity index (χ4n) is 1.22. The van der Waals surface area contributed by atoms with Crippen LogP contribution in [0.3, 0.4) is 0 Å². The Morgan fingerprint density at radius 1 is 1.40 bits per heavy atom. The van der Waals surface area contributed by atoms with Gasteiger partial charge in [-0.05, 0) is 20.4 Å². The van der Waals surface area contributed by atoms with Gasteiger partial charge in [0.2, 0.25) is 5.91 Å². The molecule has 2 N–H and O–H groups in total. The van der Waals surface area contributed by atoms with E-state index in [-0.39, 0.29) is 18.5 Å². The smallest absolute Gasteiger partial charge is 0.323 e. The summed E-state index contributed by atoms with van der Waals surface area (Å²) in [5.74, 6) is -1.09. The maximum Gasteiger partial charge on any atom is 0.323 e. The minimum atomic E-state index is -0.972. The van der Waals surface area contributed by atoms with Crippen LogP contribution < -0.4 is 5.32 Å². The van der Waals surface area contributed by atoms with Gasteiger partial charge in [-0.3, -0.25) is 9.59 Å². The molecule has 0 aliphatic carbocycles. The Morgan fingerprint density at radius 3 is 2.40 bits per heavy atom. The number of nitrogens with one attached hydrogen (secondary N) is 1. The molecule has 0 saturated heterocycles. The summed E-state index contributed by atoms with van der Waals surface area (Å²) < 4.78 is 0. The first-order valence-electron chi connectivity index (χ1n) is 5.21. The largest absolute Gasteiger partial charge is 0.480 e. The number of aliphatic carboxylic acids is 1. The number of hydrogen-bond acceptors (Lipinski definition) is 3. The van der Waals surface area contributed by atoms with Gasteiger partial charge in [0.15, 0.2) is 0 Å². The molecule has 5 nitrogen and oxygen atoms in total. The maximum atomic E-state index is 11.6. The van der Waals surface area contributed by atoms with Crippen molar-refractivity contribution >= 4 is 11.9 Å². The normalized spacial score (nSPS) is 10.4. The lowest BCUT2D eigenvalue weighted by Gasteiger charge is -2.24. The van der Waals surface area contributed by atoms with Gasteiger partial charge < -0.3 is 15.3 Å². The number of carbonyl (C=O) groups is 2. The molecule has 0 atom stereocenters. The molecule has 5 heteroatoms. The van der Waals surface area contributed by atoms with Crippen molar-refractivity contribution in [3.63, 3.8) is 0 Å². The number of carboxylic acid groups (broad SMARTS) is 1. The number of amides is 1. The molecule has 0 unspecified atom stereocenters. The molecule has 88 valence electrons. The molecule has 0 heterocycles. The Kier molecular flexibility index (Phi) is 6.70. The van der Waals surface area contributed by atoms with Crippen molar-refractivity contribution in [3.8, 4) is 0 Å². The second kappa shape index (κ2) is 7.23. The van der Waals surface area contributed by atoms with Gasteiger partial charge >= 0.3 is 5.97 Å². The van der Waals surface area contributed by atoms with Crippen molar-refractivity contribution in [1.82, 2.24) is 10.2 Å². The van der Waals surface area contributed by atoms with Crippen molar-refractivity contribution in [2.75, 3.05) is 19.6 Å². The number of hydrogen-bond donors (Lipinski definition) is 2. The predicted molar refractivity (Wildman–Crippen MR) is 57.6 cm³/mol. The predicted octanol–water partition coefficient (Wildman–Crippen LogP) is 0.308. The van der Waals surface area contributed by atoms with E-state index in [4.69, 9.17) is 5.11 Å². The van der Waals surface area contributed by atoms with Gasteiger partial charge in [0.25, 0.3) is 0 Å². The van der Waals surface area contributed by atoms with Crippen molar-refractivity contribution in [2.24, 2.45) is 0 Å². The Balaban J connectivity index is 4.11. The Labute approximate surface area is 90.5 Å². The quantitative estimate of drug-likeness (QED) is 0.601. The van der Waals surface area contributed by atoms with E-state index in [9.17, 15) is 9.59 Å². The van der Waals surface area contributed by atoms with Crippen LogP contribution in [0.1, 0.15) is 27.2 Å². The third kappa shape index (κ3) is 6.06. The second-order valence-electron chi connectivity index (χ2n) is 3.61. The molecule has 0 aromatic heterocycles. The molecule has 0 radical (unpaired) electrons. The zero-order valence-electron chi connectivity index (χ0n) is 9.62. The second-order valence-corrected chi connectivity index (χ2v) is 3.61. The van der Waals surface area contributed by atoms with Gasteiger partial charge in [-0.1, -0.05) is 6.92 Å². The summed E-state index contributed by atoms with van der Waals surface area (Å²) in [4.78, 5) is 23.5. The van der Waals surface area contributed by atoms with Crippen LogP contribution in [0, 0.1) is 0 Å². The Bertz CT molecular complexity index is 217. The zero-order valence-corrected chi connectivity index (χ0v) is 9.62. The molecule has 0 bridgehead atoms. The molecule has 0 rings (SSSR count). The standard InChI is InChI=1S/C10H20N2O3/c1-4-11-6-5-9(13)12(8(2)3)7-10(14)15/h8,11H,4-7H2,1-3H3,(H,14,15). The summed E-state index contributed by atoms with van der Waals surface area (Å²) >= 11 is 0. The molecule has 15 heavy (non-hydrogen) atoms. The summed E-state index contributed by atoms with van der Waals surface area (Å²) in [7, 11) is 0. The molecule has 0 aromatic rings. The molecule has 0 aliphatic heterocycles. The highest BCUT2D eigenvalue weighted by Crippen LogP contribution is 2.01. The van der Waals surface area contributed by atoms with Crippen LogP contribution >= 0.6 is 0 Å². The summed E-state index contributed by atoms with van der Waals surface area (Å²) in [6, 6.07) is -0.0739. The first kappa shape index (κ1) is 13.9. The lowest BCUT2D eigenvalue weighted by molar-refractivity contribution is -0.145. The van der Waals surface area contributed by atoms with Crippen LogP contribution in [0.4, 0.5) is 0 Å². The highest BCUT2D eigenvalue weighted by molar-refractivity contribution is 5.81. The van der Waals surface area contributed by atoms with E-state index < -0.39 is 5.97 Å².